The number of anilines is 1. The molecule has 3 rings (SSSR count). The molecule has 0 aliphatic carbocycles. The van der Waals surface area contributed by atoms with Crippen molar-refractivity contribution in [1.29, 1.82) is 0 Å². The fourth-order valence-corrected chi connectivity index (χ4v) is 4.38. The molecule has 0 atom stereocenters. The van der Waals surface area contributed by atoms with Crippen LogP contribution in [0.2, 0.25) is 0 Å². The Kier molecular flexibility index (Phi) is 8.02. The fraction of sp³-hybridized carbons (Fsp3) is 0.348. The van der Waals surface area contributed by atoms with Crippen molar-refractivity contribution in [2.24, 2.45) is 4.99 Å². The molecule has 1 heterocycles. The molecule has 170 valence electrons. The first-order valence-corrected chi connectivity index (χ1v) is 11.0. The van der Waals surface area contributed by atoms with Crippen molar-refractivity contribution < 1.29 is 23.8 Å². The van der Waals surface area contributed by atoms with E-state index < -0.39 is 0 Å². The van der Waals surface area contributed by atoms with Gasteiger partial charge in [0.05, 0.1) is 37.5 Å². The molecule has 8 nitrogen and oxygen atoms in total. The molecule has 0 fully saturated rings. The summed E-state index contributed by atoms with van der Waals surface area (Å²) in [5, 5.41) is 2.79. The zero-order valence-electron chi connectivity index (χ0n) is 18.6. The van der Waals surface area contributed by atoms with Gasteiger partial charge in [-0.15, -0.1) is 0 Å². The summed E-state index contributed by atoms with van der Waals surface area (Å²) in [6.45, 7) is 5.09. The minimum Gasteiger partial charge on any atom is -0.493 e. The number of benzene rings is 2. The van der Waals surface area contributed by atoms with Gasteiger partial charge in [0.1, 0.15) is 0 Å². The maximum Gasteiger partial charge on any atom is 0.252 e. The number of hydrogen-bond donors (Lipinski definition) is 1. The van der Waals surface area contributed by atoms with E-state index in [2.05, 4.69) is 10.3 Å². The summed E-state index contributed by atoms with van der Waals surface area (Å²) in [5.74, 6) is 0.766. The van der Waals surface area contributed by atoms with E-state index in [4.69, 9.17) is 14.2 Å². The molecular weight excluding hydrogens is 430 g/mol. The van der Waals surface area contributed by atoms with E-state index in [9.17, 15) is 9.59 Å². The first-order chi connectivity index (χ1) is 15.4. The van der Waals surface area contributed by atoms with Crippen molar-refractivity contribution >= 4 is 39.1 Å². The molecule has 2 aromatic carbocycles. The average molecular weight is 458 g/mol. The number of hydrogen-bond acceptors (Lipinski definition) is 6. The van der Waals surface area contributed by atoms with E-state index in [1.807, 2.05) is 35.8 Å². The predicted octanol–water partition coefficient (Wildman–Crippen LogP) is 3.38. The van der Waals surface area contributed by atoms with Crippen molar-refractivity contribution in [1.82, 2.24) is 4.57 Å². The number of nitrogens with zero attached hydrogens (tertiary/aromatic N) is 2. The molecule has 1 N–H and O–H groups in total. The van der Waals surface area contributed by atoms with Crippen LogP contribution in [0, 0.1) is 0 Å². The van der Waals surface area contributed by atoms with Crippen molar-refractivity contribution in [2.75, 3.05) is 32.8 Å². The van der Waals surface area contributed by atoms with E-state index >= 15 is 0 Å². The van der Waals surface area contributed by atoms with Crippen LogP contribution in [-0.4, -0.2) is 43.8 Å². The molecule has 1 aromatic heterocycles. The summed E-state index contributed by atoms with van der Waals surface area (Å²) in [4.78, 5) is 29.1. The number of aromatic nitrogens is 1. The summed E-state index contributed by atoms with van der Waals surface area (Å²) in [6, 6.07) is 11.0. The zero-order chi connectivity index (χ0) is 23.1. The standard InChI is InChI=1S/C23H27N3O5S/c1-5-31-11-10-26-18-8-7-17(24-15(2)27)14-21(18)32-23(26)25-22(28)13-16-6-9-19(29-3)20(12-16)30-4/h6-9,12,14H,5,10-11,13H2,1-4H3,(H,24,27). The Labute approximate surface area is 190 Å². The molecule has 0 saturated heterocycles. The molecule has 32 heavy (non-hydrogen) atoms. The van der Waals surface area contributed by atoms with Crippen LogP contribution in [0.1, 0.15) is 19.4 Å². The monoisotopic (exact) mass is 457 g/mol. The number of methoxy groups -OCH3 is 2. The number of thiazole rings is 1. The topological polar surface area (TPSA) is 91.2 Å². The lowest BCUT2D eigenvalue weighted by molar-refractivity contribution is -0.117. The van der Waals surface area contributed by atoms with Gasteiger partial charge in [0, 0.05) is 25.8 Å². The molecule has 0 aliphatic heterocycles. The minimum absolute atomic E-state index is 0.136. The molecule has 0 spiro atoms. The third-order valence-corrected chi connectivity index (χ3v) is 5.73. The van der Waals surface area contributed by atoms with Crippen LogP contribution in [-0.2, 0) is 27.3 Å². The smallest absolute Gasteiger partial charge is 0.252 e. The molecule has 0 radical (unpaired) electrons. The zero-order valence-corrected chi connectivity index (χ0v) is 19.5. The predicted molar refractivity (Wildman–Crippen MR) is 124 cm³/mol. The SMILES string of the molecule is CCOCCn1c(=NC(=O)Cc2ccc(OC)c(OC)c2)sc2cc(NC(C)=O)ccc21. The average Bonchev–Trinajstić information content (AvgIpc) is 3.09. The molecule has 0 unspecified atom stereocenters. The van der Waals surface area contributed by atoms with Gasteiger partial charge in [-0.2, -0.15) is 4.99 Å². The van der Waals surface area contributed by atoms with Crippen LogP contribution in [0.4, 0.5) is 5.69 Å². The molecule has 3 aromatic rings. The molecule has 0 saturated carbocycles. The highest BCUT2D eigenvalue weighted by Crippen LogP contribution is 2.28. The number of ether oxygens (including phenoxy) is 3. The Morgan fingerprint density at radius 2 is 1.88 bits per heavy atom. The molecule has 0 bridgehead atoms. The number of rotatable bonds is 9. The quantitative estimate of drug-likeness (QED) is 0.498. The van der Waals surface area contributed by atoms with E-state index in [1.54, 1.807) is 26.4 Å². The number of carbonyl (C=O) groups is 2. The Balaban J connectivity index is 1.94. The van der Waals surface area contributed by atoms with Gasteiger partial charge in [-0.1, -0.05) is 17.4 Å². The minimum atomic E-state index is -0.268. The highest BCUT2D eigenvalue weighted by atomic mass is 32.1. The molecule has 2 amide bonds. The molecular formula is C23H27N3O5S. The van der Waals surface area contributed by atoms with E-state index in [1.165, 1.54) is 18.3 Å². The van der Waals surface area contributed by atoms with Crippen LogP contribution in [0.15, 0.2) is 41.4 Å². The summed E-state index contributed by atoms with van der Waals surface area (Å²) >= 11 is 1.40. The van der Waals surface area contributed by atoms with Gasteiger partial charge in [0.2, 0.25) is 5.91 Å². The summed E-state index contributed by atoms with van der Waals surface area (Å²) in [7, 11) is 3.12. The lowest BCUT2D eigenvalue weighted by Crippen LogP contribution is -2.20. The van der Waals surface area contributed by atoms with Crippen LogP contribution >= 0.6 is 11.3 Å². The molecule has 0 aliphatic rings. The second-order valence-electron chi connectivity index (χ2n) is 6.97. The lowest BCUT2D eigenvalue weighted by atomic mass is 10.1. The van der Waals surface area contributed by atoms with Crippen molar-refractivity contribution in [3.8, 4) is 11.5 Å². The summed E-state index contributed by atoms with van der Waals surface area (Å²) in [6.07, 6.45) is 0.136. The number of fused-ring (bicyclic) bond motifs is 1. The van der Waals surface area contributed by atoms with Crippen molar-refractivity contribution in [2.45, 2.75) is 26.8 Å². The van der Waals surface area contributed by atoms with Gasteiger partial charge < -0.3 is 24.1 Å². The second-order valence-corrected chi connectivity index (χ2v) is 7.98. The van der Waals surface area contributed by atoms with E-state index in [0.29, 0.717) is 41.7 Å². The summed E-state index contributed by atoms with van der Waals surface area (Å²) in [5.41, 5.74) is 2.42. The number of carbonyl (C=O) groups excluding carboxylic acids is 2. The van der Waals surface area contributed by atoms with Gasteiger partial charge in [0.25, 0.3) is 5.91 Å². The highest BCUT2D eigenvalue weighted by Gasteiger charge is 2.11. The van der Waals surface area contributed by atoms with Crippen LogP contribution < -0.4 is 19.6 Å². The maximum absolute atomic E-state index is 12.8. The summed E-state index contributed by atoms with van der Waals surface area (Å²) < 4.78 is 19.0. The normalized spacial score (nSPS) is 11.6. The molecule has 9 heteroatoms. The Hall–Kier alpha value is -3.17. The lowest BCUT2D eigenvalue weighted by Gasteiger charge is -2.08. The second kappa shape index (κ2) is 10.9. The Morgan fingerprint density at radius 1 is 1.09 bits per heavy atom. The van der Waals surface area contributed by atoms with Gasteiger partial charge in [0.15, 0.2) is 16.3 Å². The number of nitrogens with one attached hydrogen (secondary N) is 1. The van der Waals surface area contributed by atoms with E-state index in [0.717, 1.165) is 15.8 Å². The van der Waals surface area contributed by atoms with E-state index in [-0.39, 0.29) is 18.2 Å². The van der Waals surface area contributed by atoms with Gasteiger partial charge in [-0.05, 0) is 42.8 Å². The van der Waals surface area contributed by atoms with Gasteiger partial charge in [-0.25, -0.2) is 0 Å². The first-order valence-electron chi connectivity index (χ1n) is 10.2. The maximum atomic E-state index is 12.8. The van der Waals surface area contributed by atoms with Crippen LogP contribution in [0.25, 0.3) is 10.2 Å². The third-order valence-electron chi connectivity index (χ3n) is 4.69. The Bertz CT molecular complexity index is 1180. The largest absolute Gasteiger partial charge is 0.493 e. The Morgan fingerprint density at radius 3 is 2.56 bits per heavy atom. The third kappa shape index (κ3) is 5.74. The van der Waals surface area contributed by atoms with Crippen molar-refractivity contribution in [3.63, 3.8) is 0 Å². The van der Waals surface area contributed by atoms with Gasteiger partial charge >= 0.3 is 0 Å². The fourth-order valence-electron chi connectivity index (χ4n) is 3.27. The van der Waals surface area contributed by atoms with Crippen LogP contribution in [0.3, 0.4) is 0 Å². The van der Waals surface area contributed by atoms with Crippen LogP contribution in [0.5, 0.6) is 11.5 Å². The van der Waals surface area contributed by atoms with Gasteiger partial charge in [-0.3, -0.25) is 9.59 Å². The van der Waals surface area contributed by atoms with Crippen molar-refractivity contribution in [3.05, 3.63) is 46.8 Å². The highest BCUT2D eigenvalue weighted by molar-refractivity contribution is 7.16. The first kappa shape index (κ1) is 23.5. The number of amides is 2.